The summed E-state index contributed by atoms with van der Waals surface area (Å²) in [5.74, 6) is 0.380. The van der Waals surface area contributed by atoms with Crippen LogP contribution >= 0.6 is 35.0 Å². The number of para-hydroxylation sites is 1. The molecule has 31 heavy (non-hydrogen) atoms. The molecule has 1 saturated heterocycles. The first-order valence-electron chi connectivity index (χ1n) is 9.79. The maximum absolute atomic E-state index is 12.6. The Morgan fingerprint density at radius 3 is 2.23 bits per heavy atom. The van der Waals surface area contributed by atoms with Gasteiger partial charge in [0.05, 0.1) is 21.8 Å². The number of hydrogen-bond acceptors (Lipinski definition) is 5. The highest BCUT2D eigenvalue weighted by Gasteiger charge is 2.22. The molecule has 3 rings (SSSR count). The number of rotatable bonds is 6. The van der Waals surface area contributed by atoms with Gasteiger partial charge in [0.2, 0.25) is 5.91 Å². The smallest absolute Gasteiger partial charge is 0.322 e. The van der Waals surface area contributed by atoms with Gasteiger partial charge >= 0.3 is 6.03 Å². The summed E-state index contributed by atoms with van der Waals surface area (Å²) < 4.78 is 0. The summed E-state index contributed by atoms with van der Waals surface area (Å²) in [6, 6.07) is 12.0. The summed E-state index contributed by atoms with van der Waals surface area (Å²) in [5.41, 5.74) is 7.99. The number of anilines is 3. The Morgan fingerprint density at radius 1 is 1.03 bits per heavy atom. The molecule has 0 spiro atoms. The Hall–Kier alpha value is -2.13. The average molecular weight is 482 g/mol. The van der Waals surface area contributed by atoms with Crippen molar-refractivity contribution in [1.29, 1.82) is 0 Å². The fourth-order valence-corrected chi connectivity index (χ4v) is 4.22. The van der Waals surface area contributed by atoms with Crippen LogP contribution in [0.25, 0.3) is 0 Å². The molecular formula is C21H25Cl2N5O2S. The molecule has 1 unspecified atom stereocenters. The standard InChI is InChI=1S/C21H25Cl2N5O2S/c1-31-13-18(24)20(29)25-14-5-7-15(8-6-14)27-9-11-28(12-10-27)21(30)26-19-16(22)3-2-4-17(19)23/h2-8,18H,9-13,24H2,1H3,(H,25,29)(H,26,30). The van der Waals surface area contributed by atoms with Crippen LogP contribution in [-0.2, 0) is 4.79 Å². The van der Waals surface area contributed by atoms with Crippen molar-refractivity contribution in [2.45, 2.75) is 6.04 Å². The van der Waals surface area contributed by atoms with Crippen LogP contribution in [0.15, 0.2) is 42.5 Å². The Bertz CT molecular complexity index is 900. The minimum Gasteiger partial charge on any atom is -0.368 e. The predicted octanol–water partition coefficient (Wildman–Crippen LogP) is 3.98. The molecule has 0 aromatic heterocycles. The molecule has 0 bridgehead atoms. The van der Waals surface area contributed by atoms with Crippen LogP contribution < -0.4 is 21.3 Å². The van der Waals surface area contributed by atoms with Gasteiger partial charge in [0.15, 0.2) is 0 Å². The number of hydrogen-bond donors (Lipinski definition) is 3. The maximum Gasteiger partial charge on any atom is 0.322 e. The van der Waals surface area contributed by atoms with Crippen molar-refractivity contribution < 1.29 is 9.59 Å². The van der Waals surface area contributed by atoms with E-state index in [1.165, 1.54) is 11.8 Å². The van der Waals surface area contributed by atoms with E-state index in [9.17, 15) is 9.59 Å². The molecule has 1 aliphatic rings. The molecule has 166 valence electrons. The van der Waals surface area contributed by atoms with Gasteiger partial charge in [-0.2, -0.15) is 11.8 Å². The number of nitrogens with one attached hydrogen (secondary N) is 2. The fraction of sp³-hybridized carbons (Fsp3) is 0.333. The van der Waals surface area contributed by atoms with Gasteiger partial charge in [-0.25, -0.2) is 4.79 Å². The molecule has 1 heterocycles. The van der Waals surface area contributed by atoms with Crippen molar-refractivity contribution in [2.75, 3.05) is 53.7 Å². The van der Waals surface area contributed by atoms with Crippen molar-refractivity contribution in [1.82, 2.24) is 4.90 Å². The van der Waals surface area contributed by atoms with Crippen LogP contribution in [0.5, 0.6) is 0 Å². The summed E-state index contributed by atoms with van der Waals surface area (Å²) in [5, 5.41) is 6.44. The zero-order chi connectivity index (χ0) is 22.4. The zero-order valence-electron chi connectivity index (χ0n) is 17.1. The summed E-state index contributed by atoms with van der Waals surface area (Å²) in [7, 11) is 0. The highest BCUT2D eigenvalue weighted by Crippen LogP contribution is 2.30. The third kappa shape index (κ3) is 6.20. The van der Waals surface area contributed by atoms with E-state index in [0.717, 1.165) is 5.69 Å². The lowest BCUT2D eigenvalue weighted by molar-refractivity contribution is -0.116. The lowest BCUT2D eigenvalue weighted by Gasteiger charge is -2.36. The first-order valence-corrected chi connectivity index (χ1v) is 11.9. The molecule has 0 aliphatic carbocycles. The van der Waals surface area contributed by atoms with E-state index in [1.54, 1.807) is 23.1 Å². The lowest BCUT2D eigenvalue weighted by Crippen LogP contribution is -2.50. The van der Waals surface area contributed by atoms with Crippen molar-refractivity contribution in [3.63, 3.8) is 0 Å². The van der Waals surface area contributed by atoms with E-state index in [-0.39, 0.29) is 11.9 Å². The van der Waals surface area contributed by atoms with E-state index in [4.69, 9.17) is 28.9 Å². The van der Waals surface area contributed by atoms with Gasteiger partial charge in [0.25, 0.3) is 0 Å². The van der Waals surface area contributed by atoms with Gasteiger partial charge in [-0.1, -0.05) is 29.3 Å². The molecule has 3 amide bonds. The molecule has 1 fully saturated rings. The third-order valence-electron chi connectivity index (χ3n) is 4.94. The topological polar surface area (TPSA) is 90.7 Å². The van der Waals surface area contributed by atoms with Crippen LogP contribution in [0.3, 0.4) is 0 Å². The number of carbonyl (C=O) groups excluding carboxylic acids is 2. The maximum atomic E-state index is 12.6. The van der Waals surface area contributed by atoms with E-state index >= 15 is 0 Å². The van der Waals surface area contributed by atoms with E-state index in [1.807, 2.05) is 30.5 Å². The number of urea groups is 1. The zero-order valence-corrected chi connectivity index (χ0v) is 19.4. The SMILES string of the molecule is CSCC(N)C(=O)Nc1ccc(N2CCN(C(=O)Nc3c(Cl)cccc3Cl)CC2)cc1. The lowest BCUT2D eigenvalue weighted by atomic mass is 10.2. The van der Waals surface area contributed by atoms with Gasteiger partial charge in [-0.05, 0) is 42.7 Å². The van der Waals surface area contributed by atoms with E-state index in [0.29, 0.717) is 53.4 Å². The normalized spacial score (nSPS) is 14.8. The number of nitrogens with two attached hydrogens (primary N) is 1. The van der Waals surface area contributed by atoms with Crippen LogP contribution in [0.2, 0.25) is 10.0 Å². The van der Waals surface area contributed by atoms with Crippen molar-refractivity contribution in [3.8, 4) is 0 Å². The summed E-state index contributed by atoms with van der Waals surface area (Å²) in [6.07, 6.45) is 1.91. The van der Waals surface area contributed by atoms with Crippen LogP contribution in [0, 0.1) is 0 Å². The largest absolute Gasteiger partial charge is 0.368 e. The number of amides is 3. The third-order valence-corrected chi connectivity index (χ3v) is 6.27. The number of carbonyl (C=O) groups is 2. The molecule has 2 aromatic rings. The van der Waals surface area contributed by atoms with Gasteiger partial charge in [-0.15, -0.1) is 0 Å². The van der Waals surface area contributed by atoms with Gasteiger partial charge in [0, 0.05) is 43.3 Å². The van der Waals surface area contributed by atoms with Gasteiger partial charge in [0.1, 0.15) is 0 Å². The highest BCUT2D eigenvalue weighted by molar-refractivity contribution is 7.98. The first kappa shape index (κ1) is 23.5. The minimum atomic E-state index is -0.533. The second kappa shape index (κ2) is 10.9. The molecular weight excluding hydrogens is 457 g/mol. The van der Waals surface area contributed by atoms with Gasteiger partial charge in [-0.3, -0.25) is 4.79 Å². The monoisotopic (exact) mass is 481 g/mol. The number of halogens is 2. The molecule has 10 heteroatoms. The van der Waals surface area contributed by atoms with E-state index < -0.39 is 6.04 Å². The Morgan fingerprint density at radius 2 is 1.65 bits per heavy atom. The fourth-order valence-electron chi connectivity index (χ4n) is 3.22. The Labute approximate surface area is 196 Å². The number of piperazine rings is 1. The van der Waals surface area contributed by atoms with Gasteiger partial charge < -0.3 is 26.2 Å². The van der Waals surface area contributed by atoms with Crippen LogP contribution in [-0.4, -0.2) is 61.1 Å². The number of nitrogens with zero attached hydrogens (tertiary/aromatic N) is 2. The minimum absolute atomic E-state index is 0.194. The molecule has 4 N–H and O–H groups in total. The molecule has 1 aliphatic heterocycles. The summed E-state index contributed by atoms with van der Waals surface area (Å²) in [4.78, 5) is 28.6. The Kier molecular flexibility index (Phi) is 8.31. The average Bonchev–Trinajstić information content (AvgIpc) is 2.77. The molecule has 0 radical (unpaired) electrons. The molecule has 7 nitrogen and oxygen atoms in total. The van der Waals surface area contributed by atoms with E-state index in [2.05, 4.69) is 15.5 Å². The quantitative estimate of drug-likeness (QED) is 0.580. The highest BCUT2D eigenvalue weighted by atomic mass is 35.5. The second-order valence-corrected chi connectivity index (χ2v) is 8.82. The summed E-state index contributed by atoms with van der Waals surface area (Å²) in [6.45, 7) is 2.51. The first-order chi connectivity index (χ1) is 14.9. The second-order valence-electron chi connectivity index (χ2n) is 7.10. The Balaban J connectivity index is 1.52. The number of thioether (sulfide) groups is 1. The molecule has 2 aromatic carbocycles. The van der Waals surface area contributed by atoms with Crippen molar-refractivity contribution >= 4 is 64.0 Å². The van der Waals surface area contributed by atoms with Crippen molar-refractivity contribution in [3.05, 3.63) is 52.5 Å². The van der Waals surface area contributed by atoms with Crippen molar-refractivity contribution in [2.24, 2.45) is 5.73 Å². The molecule has 0 saturated carbocycles. The predicted molar refractivity (Wildman–Crippen MR) is 131 cm³/mol. The number of benzene rings is 2. The van der Waals surface area contributed by atoms with Crippen LogP contribution in [0.1, 0.15) is 0 Å². The van der Waals surface area contributed by atoms with Crippen LogP contribution in [0.4, 0.5) is 21.9 Å². The molecule has 1 atom stereocenters. The summed E-state index contributed by atoms with van der Waals surface area (Å²) >= 11 is 13.8.